The summed E-state index contributed by atoms with van der Waals surface area (Å²) in [7, 11) is -9.81. The maximum Gasteiger partial charge on any atom is 2.00 e. The van der Waals surface area contributed by atoms with Gasteiger partial charge in [-0.3, -0.25) is 0 Å². The first-order valence-electron chi connectivity index (χ1n) is 2.06. The van der Waals surface area contributed by atoms with Crippen LogP contribution in [0.1, 0.15) is 0 Å². The van der Waals surface area contributed by atoms with Gasteiger partial charge in [-0.05, 0) is 0 Å². The molecule has 0 unspecified atom stereocenters. The number of hydrogen-bond donors (Lipinski definition) is 0. The fourth-order valence-electron chi connectivity index (χ4n) is 0.0745. The van der Waals surface area contributed by atoms with Gasteiger partial charge in [0.25, 0.3) is 20.8 Å². The average molecular weight is 308 g/mol. The Morgan fingerprint density at radius 2 is 1.00 bits per heavy atom. The zero-order chi connectivity index (χ0) is 11.8. The van der Waals surface area contributed by atoms with Crippen molar-refractivity contribution in [3.8, 4) is 0 Å². The van der Waals surface area contributed by atoms with Crippen LogP contribution in [-0.4, -0.2) is 25.9 Å². The minimum atomic E-state index is -4.90. The Hall–Kier alpha value is -0.861. The molecule has 0 aromatic rings. The predicted octanol–water partition coefficient (Wildman–Crippen LogP) is -1.71. The quantitative estimate of drug-likeness (QED) is 0.190. The smallest absolute Gasteiger partial charge is 0.714 e. The Balaban J connectivity index is -0.000000180. The van der Waals surface area contributed by atoms with E-state index in [4.69, 9.17) is 35.8 Å². The molecular formula is FeN2O10S2. The van der Waals surface area contributed by atoms with E-state index in [9.17, 15) is 0 Å². The van der Waals surface area contributed by atoms with Gasteiger partial charge in [0.1, 0.15) is 0 Å². The van der Waals surface area contributed by atoms with E-state index in [1.54, 1.807) is 0 Å². The zero-order valence-electron chi connectivity index (χ0n) is 6.15. The molecule has 0 aliphatic rings. The molecule has 0 N–H and O–H groups in total. The van der Waals surface area contributed by atoms with Gasteiger partial charge in [0.15, 0.2) is 10.7 Å². The normalized spacial score (nSPS) is 9.73. The summed E-state index contributed by atoms with van der Waals surface area (Å²) >= 11 is 0. The molecule has 15 heavy (non-hydrogen) atoms. The number of rotatable bonds is 4. The van der Waals surface area contributed by atoms with Crippen LogP contribution in [0, 0.1) is 9.81 Å². The van der Waals surface area contributed by atoms with Crippen LogP contribution in [0.5, 0.6) is 0 Å². The fourth-order valence-corrected chi connectivity index (χ4v) is 0.224. The van der Waals surface area contributed by atoms with Gasteiger partial charge in [-0.15, -0.1) is 9.81 Å². The molecule has 0 radical (unpaired) electrons. The van der Waals surface area contributed by atoms with Gasteiger partial charge in [0.2, 0.25) is 0 Å². The molecule has 0 aliphatic carbocycles. The third-order valence-corrected chi connectivity index (χ3v) is 0.730. The van der Waals surface area contributed by atoms with Crippen molar-refractivity contribution in [3.05, 3.63) is 9.81 Å². The van der Waals surface area contributed by atoms with E-state index in [-0.39, 0.29) is 17.1 Å². The Labute approximate surface area is 93.2 Å². The molecule has 15 heteroatoms. The molecule has 0 spiro atoms. The second-order valence-electron chi connectivity index (χ2n) is 1.11. The van der Waals surface area contributed by atoms with Crippen LogP contribution in [-0.2, 0) is 46.4 Å². The summed E-state index contributed by atoms with van der Waals surface area (Å²) in [5.74, 6) is 0. The van der Waals surface area contributed by atoms with Crippen molar-refractivity contribution in [2.24, 2.45) is 10.7 Å². The molecule has 0 saturated carbocycles. The van der Waals surface area contributed by atoms with Crippen molar-refractivity contribution in [2.75, 3.05) is 0 Å². The van der Waals surface area contributed by atoms with E-state index < -0.39 is 20.8 Å². The minimum Gasteiger partial charge on any atom is -0.714 e. The van der Waals surface area contributed by atoms with Crippen molar-refractivity contribution in [3.63, 3.8) is 0 Å². The average Bonchev–Trinajstić information content (AvgIpc) is 1.81. The maximum absolute atomic E-state index is 9.16. The van der Waals surface area contributed by atoms with Crippen molar-refractivity contribution in [2.45, 2.75) is 0 Å². The van der Waals surface area contributed by atoms with E-state index >= 15 is 0 Å². The van der Waals surface area contributed by atoms with Gasteiger partial charge in [0, 0.05) is 0 Å². The summed E-state index contributed by atoms with van der Waals surface area (Å²) in [5.41, 5.74) is 0. The third kappa shape index (κ3) is 32.0. The summed E-state index contributed by atoms with van der Waals surface area (Å²) < 4.78 is 60.4. The van der Waals surface area contributed by atoms with Crippen LogP contribution in [0.25, 0.3) is 0 Å². The zero-order valence-corrected chi connectivity index (χ0v) is 8.88. The summed E-state index contributed by atoms with van der Waals surface area (Å²) in [6, 6.07) is 0. The molecule has 0 aromatic carbocycles. The van der Waals surface area contributed by atoms with Crippen LogP contribution in [0.15, 0.2) is 10.7 Å². The molecule has 0 atom stereocenters. The van der Waals surface area contributed by atoms with Crippen LogP contribution < -0.4 is 0 Å². The van der Waals surface area contributed by atoms with Crippen molar-refractivity contribution < 1.29 is 51.6 Å². The first-order valence-corrected chi connectivity index (χ1v) is 4.73. The Morgan fingerprint density at radius 1 is 0.800 bits per heavy atom. The Morgan fingerprint density at radius 3 is 1.00 bits per heavy atom. The molecule has 0 aliphatic heterocycles. The van der Waals surface area contributed by atoms with Gasteiger partial charge in [-0.1, -0.05) is 0 Å². The first-order chi connectivity index (χ1) is 6.12. The van der Waals surface area contributed by atoms with Gasteiger partial charge in [0.05, 0.1) is 0 Å². The molecule has 90 valence electrons. The van der Waals surface area contributed by atoms with Crippen molar-refractivity contribution >= 4 is 20.8 Å². The van der Waals surface area contributed by atoms with E-state index in [1.165, 1.54) is 10.7 Å². The van der Waals surface area contributed by atoms with E-state index in [0.717, 1.165) is 0 Å². The largest absolute Gasteiger partial charge is 2.00 e. The molecule has 0 aromatic heterocycles. The van der Waals surface area contributed by atoms with Crippen LogP contribution in [0.4, 0.5) is 0 Å². The van der Waals surface area contributed by atoms with Gasteiger partial charge < -0.3 is 9.11 Å². The SMILES string of the molecule is O=NOS(=O)(=O)[O-].O=NOS(=O)(=O)[O-].[Fe+2]. The van der Waals surface area contributed by atoms with E-state index in [0.29, 0.717) is 0 Å². The topological polar surface area (TPSA) is 192 Å². The summed E-state index contributed by atoms with van der Waals surface area (Å²) in [6.07, 6.45) is 0. The molecule has 0 fully saturated rings. The van der Waals surface area contributed by atoms with E-state index in [1.807, 2.05) is 0 Å². The molecule has 12 nitrogen and oxygen atoms in total. The molecule has 0 bridgehead atoms. The summed E-state index contributed by atoms with van der Waals surface area (Å²) in [4.78, 5) is 17.5. The predicted molar refractivity (Wildman–Crippen MR) is 33.2 cm³/mol. The van der Waals surface area contributed by atoms with Crippen LogP contribution in [0.2, 0.25) is 0 Å². The van der Waals surface area contributed by atoms with Crippen LogP contribution >= 0.6 is 0 Å². The van der Waals surface area contributed by atoms with Gasteiger partial charge in [-0.25, -0.2) is 8.57 Å². The van der Waals surface area contributed by atoms with Crippen LogP contribution in [0.3, 0.4) is 0 Å². The molecule has 0 rings (SSSR count). The second kappa shape index (κ2) is 8.45. The van der Waals surface area contributed by atoms with Gasteiger partial charge >= 0.3 is 17.1 Å². The van der Waals surface area contributed by atoms with E-state index in [2.05, 4.69) is 8.57 Å². The van der Waals surface area contributed by atoms with Crippen molar-refractivity contribution in [1.82, 2.24) is 0 Å². The monoisotopic (exact) mass is 308 g/mol. The number of hydrogen-bond acceptors (Lipinski definition) is 12. The van der Waals surface area contributed by atoms with Crippen molar-refractivity contribution in [1.29, 1.82) is 0 Å². The minimum absolute atomic E-state index is 0. The summed E-state index contributed by atoms with van der Waals surface area (Å²) in [5, 5.41) is 2.71. The number of nitrogens with zero attached hydrogens (tertiary/aromatic N) is 2. The Bertz CT molecular complexity index is 326. The second-order valence-corrected chi connectivity index (χ2v) is 3.05. The standard InChI is InChI=1S/Fe.2HNO5S/c;2*2-1-6-7(3,4)5/h;2*(H,3,4,5)/q+2;;/p-2. The maximum atomic E-state index is 9.16. The molecular weight excluding hydrogens is 308 g/mol. The first kappa shape index (κ1) is 19.7. The molecule has 0 saturated heterocycles. The Kier molecular flexibility index (Phi) is 11.1. The van der Waals surface area contributed by atoms with Gasteiger partial charge in [-0.2, -0.15) is 16.8 Å². The molecule has 0 amide bonds. The molecule has 0 heterocycles. The third-order valence-electron chi connectivity index (χ3n) is 0.243. The summed E-state index contributed by atoms with van der Waals surface area (Å²) in [6.45, 7) is 0. The fraction of sp³-hybridized carbons (Fsp3) is 0.